The molecule has 0 aliphatic heterocycles. The van der Waals surface area contributed by atoms with Gasteiger partial charge in [-0.05, 0) is 11.3 Å². The largest absolute Gasteiger partial charge is 0.300 e. The number of rotatable bonds is 3. The minimum Gasteiger partial charge on any atom is -0.288 e. The minimum atomic E-state index is -0.774. The van der Waals surface area contributed by atoms with E-state index in [4.69, 9.17) is 11.6 Å². The summed E-state index contributed by atoms with van der Waals surface area (Å²) in [5.41, 5.74) is -0.705. The molecule has 19 heavy (non-hydrogen) atoms. The van der Waals surface area contributed by atoms with E-state index in [2.05, 4.69) is 25.7 Å². The smallest absolute Gasteiger partial charge is 0.288 e. The number of aromatic nitrogens is 5. The molecule has 1 amide bonds. The number of nitrogens with zero attached hydrogens (tertiary/aromatic N) is 6. The highest BCUT2D eigenvalue weighted by Gasteiger charge is 2.22. The molecule has 11 heteroatoms. The number of nitrogens with one attached hydrogen (secondary N) is 1. The van der Waals surface area contributed by atoms with Crippen molar-refractivity contribution in [3.05, 3.63) is 33.1 Å². The Hall–Kier alpha value is -2.62. The van der Waals surface area contributed by atoms with Crippen LogP contribution in [0.15, 0.2) is 12.3 Å². The summed E-state index contributed by atoms with van der Waals surface area (Å²) >= 11 is 5.61. The van der Waals surface area contributed by atoms with Crippen LogP contribution >= 0.6 is 11.6 Å². The maximum atomic E-state index is 11.9. The summed E-state index contributed by atoms with van der Waals surface area (Å²) in [4.78, 5) is 26.6. The summed E-state index contributed by atoms with van der Waals surface area (Å²) in [7, 11) is 1.51. The number of hydrogen-bond acceptors (Lipinski definition) is 7. The van der Waals surface area contributed by atoms with Gasteiger partial charge in [-0.3, -0.25) is 20.2 Å². The number of carbonyl (C=O) groups excluding carboxylic acids is 1. The Morgan fingerprint density at radius 3 is 2.89 bits per heavy atom. The van der Waals surface area contributed by atoms with Crippen molar-refractivity contribution < 1.29 is 9.72 Å². The second-order valence-electron chi connectivity index (χ2n) is 3.34. The first-order valence-electron chi connectivity index (χ1n) is 4.82. The molecule has 2 aromatic heterocycles. The number of anilines is 1. The lowest BCUT2D eigenvalue weighted by atomic mass is 10.2. The number of aryl methyl sites for hydroxylation is 1. The number of tetrazole rings is 1. The van der Waals surface area contributed by atoms with Gasteiger partial charge in [0, 0.05) is 0 Å². The van der Waals surface area contributed by atoms with E-state index in [1.54, 1.807) is 0 Å². The van der Waals surface area contributed by atoms with E-state index in [1.165, 1.54) is 7.05 Å². The van der Waals surface area contributed by atoms with Gasteiger partial charge in [0.05, 0.1) is 12.0 Å². The standard InChI is InChI=1S/C8H6ClN7O3/c1-15-13-8(12-14-15)11-7(17)4-2-6(9)10-3-5(4)16(18)19/h2-3H,1H3,(H,11,13,17). The first-order valence-corrected chi connectivity index (χ1v) is 5.20. The minimum absolute atomic E-state index is 0.0390. The van der Waals surface area contributed by atoms with Crippen LogP contribution in [0.2, 0.25) is 5.15 Å². The zero-order chi connectivity index (χ0) is 14.0. The van der Waals surface area contributed by atoms with Gasteiger partial charge in [0.25, 0.3) is 17.5 Å². The number of halogens is 1. The van der Waals surface area contributed by atoms with E-state index in [-0.39, 0.29) is 16.7 Å². The first-order chi connectivity index (χ1) is 8.97. The van der Waals surface area contributed by atoms with Gasteiger partial charge in [0.15, 0.2) is 0 Å². The number of hydrogen-bond donors (Lipinski definition) is 1. The van der Waals surface area contributed by atoms with Crippen LogP contribution in [0, 0.1) is 10.1 Å². The molecule has 2 aromatic rings. The van der Waals surface area contributed by atoms with Crippen molar-refractivity contribution in [3.63, 3.8) is 0 Å². The van der Waals surface area contributed by atoms with Crippen molar-refractivity contribution in [1.82, 2.24) is 25.2 Å². The fraction of sp³-hybridized carbons (Fsp3) is 0.125. The maximum absolute atomic E-state index is 11.9. The molecule has 10 nitrogen and oxygen atoms in total. The van der Waals surface area contributed by atoms with Crippen molar-refractivity contribution in [1.29, 1.82) is 0 Å². The number of amides is 1. The van der Waals surface area contributed by atoms with Crippen LogP contribution in [0.5, 0.6) is 0 Å². The topological polar surface area (TPSA) is 129 Å². The average Bonchev–Trinajstić information content (AvgIpc) is 2.74. The summed E-state index contributed by atoms with van der Waals surface area (Å²) in [5.74, 6) is -0.848. The molecule has 2 rings (SSSR count). The van der Waals surface area contributed by atoms with Crippen molar-refractivity contribution in [2.75, 3.05) is 5.32 Å². The quantitative estimate of drug-likeness (QED) is 0.491. The Kier molecular flexibility index (Phi) is 3.33. The second-order valence-corrected chi connectivity index (χ2v) is 3.73. The number of carbonyl (C=O) groups is 1. The highest BCUT2D eigenvalue weighted by atomic mass is 35.5. The Morgan fingerprint density at radius 1 is 1.58 bits per heavy atom. The van der Waals surface area contributed by atoms with E-state index in [0.717, 1.165) is 17.1 Å². The summed E-state index contributed by atoms with van der Waals surface area (Å²) in [6.45, 7) is 0. The molecular weight excluding hydrogens is 278 g/mol. The number of pyridine rings is 1. The van der Waals surface area contributed by atoms with Gasteiger partial charge < -0.3 is 0 Å². The monoisotopic (exact) mass is 283 g/mol. The van der Waals surface area contributed by atoms with Gasteiger partial charge in [-0.1, -0.05) is 16.7 Å². The Morgan fingerprint density at radius 2 is 2.32 bits per heavy atom. The van der Waals surface area contributed by atoms with Gasteiger partial charge in [0.2, 0.25) is 0 Å². The van der Waals surface area contributed by atoms with Gasteiger partial charge in [-0.2, -0.15) is 4.80 Å². The predicted octanol–water partition coefficient (Wildman–Crippen LogP) is 0.419. The Labute approximate surface area is 110 Å². The third kappa shape index (κ3) is 2.80. The molecule has 0 unspecified atom stereocenters. The molecule has 0 aliphatic carbocycles. The fourth-order valence-electron chi connectivity index (χ4n) is 1.25. The lowest BCUT2D eigenvalue weighted by molar-refractivity contribution is -0.385. The third-order valence-electron chi connectivity index (χ3n) is 2.02. The molecular formula is C8H6ClN7O3. The first kappa shape index (κ1) is 12.8. The zero-order valence-corrected chi connectivity index (χ0v) is 10.2. The summed E-state index contributed by atoms with van der Waals surface area (Å²) in [6.07, 6.45) is 0.904. The van der Waals surface area contributed by atoms with Crippen molar-refractivity contribution in [2.24, 2.45) is 7.05 Å². The third-order valence-corrected chi connectivity index (χ3v) is 2.23. The Balaban J connectivity index is 2.32. The lowest BCUT2D eigenvalue weighted by Crippen LogP contribution is -2.15. The van der Waals surface area contributed by atoms with E-state index in [0.29, 0.717) is 0 Å². The normalized spacial score (nSPS) is 10.2. The maximum Gasteiger partial charge on any atom is 0.300 e. The summed E-state index contributed by atoms with van der Waals surface area (Å²) in [5, 5.41) is 23.8. The molecule has 0 saturated carbocycles. The number of nitro groups is 1. The van der Waals surface area contributed by atoms with E-state index in [9.17, 15) is 14.9 Å². The Bertz CT molecular complexity index is 656. The van der Waals surface area contributed by atoms with E-state index < -0.39 is 16.5 Å². The molecule has 0 aromatic carbocycles. The van der Waals surface area contributed by atoms with Gasteiger partial charge >= 0.3 is 0 Å². The van der Waals surface area contributed by atoms with Crippen LogP contribution in [0.4, 0.5) is 11.6 Å². The van der Waals surface area contributed by atoms with Crippen LogP contribution in [-0.2, 0) is 7.05 Å². The van der Waals surface area contributed by atoms with E-state index in [1.807, 2.05) is 0 Å². The van der Waals surface area contributed by atoms with Crippen LogP contribution in [0.25, 0.3) is 0 Å². The van der Waals surface area contributed by atoms with Crippen molar-refractivity contribution in [2.45, 2.75) is 0 Å². The summed E-state index contributed by atoms with van der Waals surface area (Å²) in [6, 6.07) is 1.09. The zero-order valence-electron chi connectivity index (χ0n) is 9.44. The van der Waals surface area contributed by atoms with Crippen molar-refractivity contribution >= 4 is 29.1 Å². The predicted molar refractivity (Wildman–Crippen MR) is 62.7 cm³/mol. The molecule has 0 bridgehead atoms. The highest BCUT2D eigenvalue weighted by Crippen LogP contribution is 2.20. The molecule has 0 atom stereocenters. The van der Waals surface area contributed by atoms with E-state index >= 15 is 0 Å². The fourth-order valence-corrected chi connectivity index (χ4v) is 1.41. The molecule has 0 spiro atoms. The highest BCUT2D eigenvalue weighted by molar-refractivity contribution is 6.30. The van der Waals surface area contributed by atoms with Crippen molar-refractivity contribution in [3.8, 4) is 0 Å². The SMILES string of the molecule is Cn1nnc(NC(=O)c2cc(Cl)ncc2[N+](=O)[O-])n1. The van der Waals surface area contributed by atoms with Crippen LogP contribution in [0.1, 0.15) is 10.4 Å². The summed E-state index contributed by atoms with van der Waals surface area (Å²) < 4.78 is 0. The second kappa shape index (κ2) is 4.94. The van der Waals surface area contributed by atoms with Gasteiger partial charge in [0.1, 0.15) is 16.9 Å². The molecule has 98 valence electrons. The van der Waals surface area contributed by atoms with Gasteiger partial charge in [-0.15, -0.1) is 5.10 Å². The van der Waals surface area contributed by atoms with Gasteiger partial charge in [-0.25, -0.2) is 4.98 Å². The molecule has 2 heterocycles. The molecule has 0 fully saturated rings. The van der Waals surface area contributed by atoms with Crippen LogP contribution < -0.4 is 5.32 Å². The molecule has 0 saturated heterocycles. The van der Waals surface area contributed by atoms with Crippen LogP contribution in [0.3, 0.4) is 0 Å². The van der Waals surface area contributed by atoms with Crippen LogP contribution in [-0.4, -0.2) is 36.0 Å². The molecule has 0 aliphatic rings. The molecule has 1 N–H and O–H groups in total. The lowest BCUT2D eigenvalue weighted by Gasteiger charge is -2.02. The average molecular weight is 284 g/mol. The molecule has 0 radical (unpaired) electrons.